The summed E-state index contributed by atoms with van der Waals surface area (Å²) in [5.74, 6) is 1.61. The molecule has 2 N–H and O–H groups in total. The fourth-order valence-electron chi connectivity index (χ4n) is 3.90. The molecule has 4 nitrogen and oxygen atoms in total. The van der Waals surface area contributed by atoms with Crippen LogP contribution in [0.25, 0.3) is 0 Å². The van der Waals surface area contributed by atoms with E-state index in [1.807, 2.05) is 12.1 Å². The van der Waals surface area contributed by atoms with Gasteiger partial charge in [-0.2, -0.15) is 0 Å². The van der Waals surface area contributed by atoms with Gasteiger partial charge in [-0.3, -0.25) is 0 Å². The molecule has 4 rings (SSSR count). The van der Waals surface area contributed by atoms with Crippen LogP contribution in [-0.4, -0.2) is 31.0 Å². The second-order valence-electron chi connectivity index (χ2n) is 5.98. The number of hydrogen-bond acceptors (Lipinski definition) is 4. The van der Waals surface area contributed by atoms with Gasteiger partial charge in [-0.25, -0.2) is 0 Å². The molecule has 112 valence electrons. The predicted molar refractivity (Wildman–Crippen MR) is 82.9 cm³/mol. The van der Waals surface area contributed by atoms with Crippen molar-refractivity contribution in [1.29, 1.82) is 0 Å². The van der Waals surface area contributed by atoms with E-state index in [0.717, 1.165) is 35.5 Å². The number of aliphatic hydroxyl groups excluding tert-OH is 1. The van der Waals surface area contributed by atoms with Crippen molar-refractivity contribution >= 4 is 15.9 Å². The first kappa shape index (κ1) is 13.6. The third-order valence-corrected chi connectivity index (χ3v) is 5.61. The van der Waals surface area contributed by atoms with Crippen molar-refractivity contribution in [3.05, 3.63) is 33.8 Å². The molecular weight excluding hydrogens is 334 g/mol. The van der Waals surface area contributed by atoms with Gasteiger partial charge < -0.3 is 19.9 Å². The Bertz CT molecular complexity index is 630. The molecule has 0 aromatic heterocycles. The fraction of sp³-hybridized carbons (Fsp3) is 0.500. The highest BCUT2D eigenvalue weighted by molar-refractivity contribution is 9.10. The van der Waals surface area contributed by atoms with E-state index < -0.39 is 6.10 Å². The van der Waals surface area contributed by atoms with Gasteiger partial charge in [0.1, 0.15) is 6.10 Å². The summed E-state index contributed by atoms with van der Waals surface area (Å²) in [6.07, 6.45) is 5.22. The average molecular weight is 352 g/mol. The molecule has 0 bridgehead atoms. The van der Waals surface area contributed by atoms with E-state index >= 15 is 0 Å². The maximum Gasteiger partial charge on any atom is 0.166 e. The summed E-state index contributed by atoms with van der Waals surface area (Å²) in [5.41, 5.74) is 2.32. The molecule has 0 saturated carbocycles. The smallest absolute Gasteiger partial charge is 0.166 e. The summed E-state index contributed by atoms with van der Waals surface area (Å²) >= 11 is 3.67. The van der Waals surface area contributed by atoms with Crippen LogP contribution in [0.4, 0.5) is 0 Å². The minimum atomic E-state index is -0.427. The van der Waals surface area contributed by atoms with Crippen LogP contribution in [-0.2, 0) is 12.0 Å². The van der Waals surface area contributed by atoms with E-state index in [9.17, 15) is 5.11 Å². The van der Waals surface area contributed by atoms with Crippen LogP contribution in [0.5, 0.6) is 11.5 Å². The van der Waals surface area contributed by atoms with Crippen molar-refractivity contribution < 1.29 is 14.6 Å². The minimum absolute atomic E-state index is 0.0191. The van der Waals surface area contributed by atoms with Gasteiger partial charge in [0.25, 0.3) is 0 Å². The Hall–Kier alpha value is -1.04. The molecule has 0 unspecified atom stereocenters. The normalized spacial score (nSPS) is 32.9. The minimum Gasteiger partial charge on any atom is -0.493 e. The van der Waals surface area contributed by atoms with Crippen molar-refractivity contribution in [2.24, 2.45) is 0 Å². The standard InChI is InChI=1S/C16H18BrNO3/c1-20-12-7-11(17)10-8-18-5-4-16-3-2-9(19)6-13(16)21-15(12)14(10)16/h2-3,7,9,13,18-19H,4-6,8H2,1H3/t9-,13+,16-/m0/s1. The number of rotatable bonds is 1. The van der Waals surface area contributed by atoms with Gasteiger partial charge in [0.15, 0.2) is 11.5 Å². The maximum atomic E-state index is 9.96. The van der Waals surface area contributed by atoms with Crippen LogP contribution < -0.4 is 14.8 Å². The lowest BCUT2D eigenvalue weighted by Crippen LogP contribution is -2.42. The van der Waals surface area contributed by atoms with E-state index in [2.05, 4.69) is 27.3 Å². The lowest BCUT2D eigenvalue weighted by atomic mass is 9.69. The average Bonchev–Trinajstić information content (AvgIpc) is 2.67. The molecule has 2 heterocycles. The summed E-state index contributed by atoms with van der Waals surface area (Å²) in [4.78, 5) is 0. The second-order valence-corrected chi connectivity index (χ2v) is 6.83. The second kappa shape index (κ2) is 4.73. The molecule has 3 aliphatic rings. The molecule has 3 atom stereocenters. The zero-order valence-corrected chi connectivity index (χ0v) is 13.4. The molecule has 0 amide bonds. The predicted octanol–water partition coefficient (Wildman–Crippen LogP) is 2.27. The monoisotopic (exact) mass is 351 g/mol. The molecule has 1 aliphatic carbocycles. The maximum absolute atomic E-state index is 9.96. The Labute approximate surface area is 132 Å². The van der Waals surface area contributed by atoms with Crippen LogP contribution in [0.2, 0.25) is 0 Å². The van der Waals surface area contributed by atoms with Crippen LogP contribution in [0.3, 0.4) is 0 Å². The van der Waals surface area contributed by atoms with Gasteiger partial charge in [-0.1, -0.05) is 28.1 Å². The first-order valence-corrected chi connectivity index (χ1v) is 8.09. The van der Waals surface area contributed by atoms with Gasteiger partial charge in [0.05, 0.1) is 18.6 Å². The Morgan fingerprint density at radius 1 is 1.52 bits per heavy atom. The van der Waals surface area contributed by atoms with E-state index in [4.69, 9.17) is 9.47 Å². The molecule has 2 aliphatic heterocycles. The highest BCUT2D eigenvalue weighted by atomic mass is 79.9. The van der Waals surface area contributed by atoms with Crippen molar-refractivity contribution in [3.8, 4) is 11.5 Å². The summed E-state index contributed by atoms with van der Waals surface area (Å²) in [6, 6.07) is 1.98. The largest absolute Gasteiger partial charge is 0.493 e. The van der Waals surface area contributed by atoms with Crippen LogP contribution in [0.15, 0.2) is 22.7 Å². The van der Waals surface area contributed by atoms with Crippen LogP contribution in [0.1, 0.15) is 24.0 Å². The third-order valence-electron chi connectivity index (χ3n) is 4.91. The molecule has 0 saturated heterocycles. The quantitative estimate of drug-likeness (QED) is 0.762. The summed E-state index contributed by atoms with van der Waals surface area (Å²) in [6.45, 7) is 1.75. The van der Waals surface area contributed by atoms with Gasteiger partial charge in [-0.15, -0.1) is 0 Å². The molecule has 0 fully saturated rings. The zero-order valence-electron chi connectivity index (χ0n) is 11.9. The van der Waals surface area contributed by atoms with E-state index in [1.54, 1.807) is 7.11 Å². The van der Waals surface area contributed by atoms with Crippen LogP contribution >= 0.6 is 15.9 Å². The third kappa shape index (κ3) is 1.81. The number of aliphatic hydroxyl groups is 1. The van der Waals surface area contributed by atoms with Gasteiger partial charge >= 0.3 is 0 Å². The molecule has 1 aromatic carbocycles. The number of halogens is 1. The number of ether oxygens (including phenoxy) is 2. The Morgan fingerprint density at radius 2 is 2.38 bits per heavy atom. The van der Waals surface area contributed by atoms with Crippen molar-refractivity contribution in [3.63, 3.8) is 0 Å². The Kier molecular flexibility index (Phi) is 3.07. The number of benzene rings is 1. The van der Waals surface area contributed by atoms with Crippen LogP contribution in [0, 0.1) is 0 Å². The van der Waals surface area contributed by atoms with Gasteiger partial charge in [0.2, 0.25) is 0 Å². The molecular formula is C16H18BrNO3. The molecule has 1 aromatic rings. The highest BCUT2D eigenvalue weighted by Crippen LogP contribution is 2.56. The van der Waals surface area contributed by atoms with Crippen molar-refractivity contribution in [2.75, 3.05) is 13.7 Å². The Balaban J connectivity index is 2.00. The lowest BCUT2D eigenvalue weighted by molar-refractivity contribution is 0.0851. The van der Waals surface area contributed by atoms with Crippen molar-refractivity contribution in [2.45, 2.75) is 37.0 Å². The Morgan fingerprint density at radius 3 is 3.19 bits per heavy atom. The SMILES string of the molecule is COc1cc(Br)c2c3c1O[C@@H]1C[C@@H](O)C=C[C@@]31CCNC2. The van der Waals surface area contributed by atoms with Crippen molar-refractivity contribution in [1.82, 2.24) is 5.32 Å². The topological polar surface area (TPSA) is 50.7 Å². The lowest BCUT2D eigenvalue weighted by Gasteiger charge is -2.35. The van der Waals surface area contributed by atoms with E-state index in [0.29, 0.717) is 6.42 Å². The molecule has 5 heteroatoms. The number of methoxy groups -OCH3 is 1. The number of hydrogen-bond donors (Lipinski definition) is 2. The first-order chi connectivity index (χ1) is 10.2. The molecule has 21 heavy (non-hydrogen) atoms. The molecule has 0 radical (unpaired) electrons. The van der Waals surface area contributed by atoms with Gasteiger partial charge in [-0.05, 0) is 24.6 Å². The zero-order chi connectivity index (χ0) is 14.6. The van der Waals surface area contributed by atoms with E-state index in [-0.39, 0.29) is 11.5 Å². The van der Waals surface area contributed by atoms with E-state index in [1.165, 1.54) is 11.1 Å². The fourth-order valence-corrected chi connectivity index (χ4v) is 4.44. The summed E-state index contributed by atoms with van der Waals surface area (Å²) < 4.78 is 12.8. The number of nitrogens with one attached hydrogen (secondary N) is 1. The van der Waals surface area contributed by atoms with Gasteiger partial charge in [0, 0.05) is 23.0 Å². The summed E-state index contributed by atoms with van der Waals surface area (Å²) in [7, 11) is 1.67. The highest BCUT2D eigenvalue weighted by Gasteiger charge is 2.52. The summed E-state index contributed by atoms with van der Waals surface area (Å²) in [5, 5.41) is 13.5. The first-order valence-electron chi connectivity index (χ1n) is 7.30. The molecule has 1 spiro atoms.